The van der Waals surface area contributed by atoms with Crippen molar-refractivity contribution in [2.75, 3.05) is 24.5 Å². The Morgan fingerprint density at radius 3 is 3.06 bits per heavy atom. The number of nitrogens with two attached hydrogens (primary N) is 1. The molecule has 5 heteroatoms. The van der Waals surface area contributed by atoms with Crippen LogP contribution in [0.1, 0.15) is 19.3 Å². The van der Waals surface area contributed by atoms with Crippen molar-refractivity contribution >= 4 is 11.4 Å². The summed E-state index contributed by atoms with van der Waals surface area (Å²) in [5, 5.41) is 10.8. The van der Waals surface area contributed by atoms with Gasteiger partial charge in [0.25, 0.3) is 5.69 Å². The minimum atomic E-state index is -0.342. The van der Waals surface area contributed by atoms with Gasteiger partial charge in [-0.1, -0.05) is 6.07 Å². The van der Waals surface area contributed by atoms with Gasteiger partial charge in [0.2, 0.25) is 0 Å². The van der Waals surface area contributed by atoms with E-state index in [0.717, 1.165) is 31.6 Å². The highest BCUT2D eigenvalue weighted by atomic mass is 16.6. The molecule has 0 amide bonds. The molecule has 1 aliphatic rings. The molecule has 2 N–H and O–H groups in total. The van der Waals surface area contributed by atoms with Crippen LogP contribution in [0.3, 0.4) is 0 Å². The SMILES string of the molecule is NCCC1CCCN(c2cccc([N+](=O)[O-])c2)C1. The van der Waals surface area contributed by atoms with Gasteiger partial charge < -0.3 is 10.6 Å². The van der Waals surface area contributed by atoms with Crippen molar-refractivity contribution in [3.05, 3.63) is 34.4 Å². The maximum Gasteiger partial charge on any atom is 0.271 e. The zero-order valence-corrected chi connectivity index (χ0v) is 10.4. The average Bonchev–Trinajstić information content (AvgIpc) is 2.39. The van der Waals surface area contributed by atoms with Gasteiger partial charge in [0, 0.05) is 30.9 Å². The third-order valence-corrected chi connectivity index (χ3v) is 3.50. The molecule has 1 aromatic carbocycles. The second-order valence-electron chi connectivity index (χ2n) is 4.81. The topological polar surface area (TPSA) is 72.4 Å². The van der Waals surface area contributed by atoms with Crippen LogP contribution in [0.5, 0.6) is 0 Å². The van der Waals surface area contributed by atoms with Gasteiger partial charge in [-0.15, -0.1) is 0 Å². The number of nitro benzene ring substituents is 1. The first kappa shape index (κ1) is 12.8. The van der Waals surface area contributed by atoms with E-state index in [-0.39, 0.29) is 10.6 Å². The highest BCUT2D eigenvalue weighted by Gasteiger charge is 2.20. The van der Waals surface area contributed by atoms with Crippen LogP contribution in [0.25, 0.3) is 0 Å². The number of non-ortho nitro benzene ring substituents is 1. The van der Waals surface area contributed by atoms with E-state index >= 15 is 0 Å². The first-order chi connectivity index (χ1) is 8.70. The van der Waals surface area contributed by atoms with Crippen molar-refractivity contribution < 1.29 is 4.92 Å². The molecule has 1 heterocycles. The van der Waals surface area contributed by atoms with Gasteiger partial charge in [0.15, 0.2) is 0 Å². The first-order valence-electron chi connectivity index (χ1n) is 6.40. The number of piperidine rings is 1. The summed E-state index contributed by atoms with van der Waals surface area (Å²) in [6.07, 6.45) is 3.38. The minimum Gasteiger partial charge on any atom is -0.371 e. The number of rotatable bonds is 4. The molecule has 18 heavy (non-hydrogen) atoms. The van der Waals surface area contributed by atoms with Crippen LogP contribution in [0.4, 0.5) is 11.4 Å². The van der Waals surface area contributed by atoms with Crippen LogP contribution in [-0.4, -0.2) is 24.6 Å². The molecule has 1 fully saturated rings. The summed E-state index contributed by atoms with van der Waals surface area (Å²) in [6, 6.07) is 6.88. The first-order valence-corrected chi connectivity index (χ1v) is 6.40. The molecular formula is C13H19N3O2. The molecule has 0 radical (unpaired) electrons. The molecule has 1 aromatic rings. The summed E-state index contributed by atoms with van der Waals surface area (Å²) in [7, 11) is 0. The average molecular weight is 249 g/mol. The second-order valence-corrected chi connectivity index (χ2v) is 4.81. The van der Waals surface area contributed by atoms with E-state index in [1.165, 1.54) is 12.5 Å². The maximum absolute atomic E-state index is 10.8. The number of anilines is 1. The molecule has 1 aliphatic heterocycles. The van der Waals surface area contributed by atoms with Crippen LogP contribution < -0.4 is 10.6 Å². The highest BCUT2D eigenvalue weighted by Crippen LogP contribution is 2.27. The molecule has 5 nitrogen and oxygen atoms in total. The normalized spacial score (nSPS) is 19.8. The number of hydrogen-bond acceptors (Lipinski definition) is 4. The van der Waals surface area contributed by atoms with E-state index in [1.54, 1.807) is 12.1 Å². The van der Waals surface area contributed by atoms with Gasteiger partial charge in [-0.3, -0.25) is 10.1 Å². The van der Waals surface area contributed by atoms with E-state index < -0.39 is 0 Å². The van der Waals surface area contributed by atoms with Crippen LogP contribution in [-0.2, 0) is 0 Å². The lowest BCUT2D eigenvalue weighted by Crippen LogP contribution is -2.36. The Bertz CT molecular complexity index is 420. The minimum absolute atomic E-state index is 0.161. The number of benzene rings is 1. The number of hydrogen-bond donors (Lipinski definition) is 1. The summed E-state index contributed by atoms with van der Waals surface area (Å²) < 4.78 is 0. The van der Waals surface area contributed by atoms with Crippen LogP contribution in [0, 0.1) is 16.0 Å². The molecule has 98 valence electrons. The van der Waals surface area contributed by atoms with Crippen molar-refractivity contribution in [3.8, 4) is 0 Å². The summed E-state index contributed by atoms with van der Waals surface area (Å²) >= 11 is 0. The van der Waals surface area contributed by atoms with Crippen LogP contribution in [0.15, 0.2) is 24.3 Å². The van der Waals surface area contributed by atoms with Gasteiger partial charge in [-0.2, -0.15) is 0 Å². The van der Waals surface area contributed by atoms with Crippen molar-refractivity contribution in [3.63, 3.8) is 0 Å². The predicted octanol–water partition coefficient (Wildman–Crippen LogP) is 2.16. The summed E-state index contributed by atoms with van der Waals surface area (Å²) in [6.45, 7) is 2.65. The van der Waals surface area contributed by atoms with Gasteiger partial charge in [0.05, 0.1) is 4.92 Å². The van der Waals surface area contributed by atoms with E-state index in [1.807, 2.05) is 6.07 Å². The lowest BCUT2D eigenvalue weighted by Gasteiger charge is -2.34. The molecule has 0 spiro atoms. The zero-order chi connectivity index (χ0) is 13.0. The van der Waals surface area contributed by atoms with Gasteiger partial charge in [-0.05, 0) is 37.8 Å². The predicted molar refractivity (Wildman–Crippen MR) is 71.7 cm³/mol. The fourth-order valence-electron chi connectivity index (χ4n) is 2.57. The Balaban J connectivity index is 2.10. The van der Waals surface area contributed by atoms with Crippen molar-refractivity contribution in [1.29, 1.82) is 0 Å². The van der Waals surface area contributed by atoms with Gasteiger partial charge >= 0.3 is 0 Å². The lowest BCUT2D eigenvalue weighted by molar-refractivity contribution is -0.384. The Labute approximate surface area is 107 Å². The van der Waals surface area contributed by atoms with Gasteiger partial charge in [0.1, 0.15) is 0 Å². The van der Waals surface area contributed by atoms with Crippen LogP contribution in [0.2, 0.25) is 0 Å². The standard InChI is InChI=1S/C13H19N3O2/c14-7-6-11-3-2-8-15(10-11)12-4-1-5-13(9-12)16(17)18/h1,4-5,9,11H,2-3,6-8,10,14H2. The van der Waals surface area contributed by atoms with Crippen molar-refractivity contribution in [2.45, 2.75) is 19.3 Å². The van der Waals surface area contributed by atoms with E-state index in [2.05, 4.69) is 4.90 Å². The molecule has 1 unspecified atom stereocenters. The Morgan fingerprint density at radius 1 is 1.50 bits per heavy atom. The van der Waals surface area contributed by atoms with E-state index in [0.29, 0.717) is 12.5 Å². The number of nitrogens with zero attached hydrogens (tertiary/aromatic N) is 2. The summed E-state index contributed by atoms with van der Waals surface area (Å²) in [5.74, 6) is 0.614. The van der Waals surface area contributed by atoms with Crippen molar-refractivity contribution in [2.24, 2.45) is 11.7 Å². The molecule has 0 aromatic heterocycles. The van der Waals surface area contributed by atoms with Crippen LogP contribution >= 0.6 is 0 Å². The summed E-state index contributed by atoms with van der Waals surface area (Å²) in [5.41, 5.74) is 6.71. The molecule has 1 saturated heterocycles. The lowest BCUT2D eigenvalue weighted by atomic mass is 9.94. The smallest absolute Gasteiger partial charge is 0.271 e. The third kappa shape index (κ3) is 2.98. The van der Waals surface area contributed by atoms with E-state index in [4.69, 9.17) is 5.73 Å². The Morgan fingerprint density at radius 2 is 2.33 bits per heavy atom. The Kier molecular flexibility index (Phi) is 4.15. The zero-order valence-electron chi connectivity index (χ0n) is 10.4. The molecule has 1 atom stereocenters. The van der Waals surface area contributed by atoms with Gasteiger partial charge in [-0.25, -0.2) is 0 Å². The Hall–Kier alpha value is -1.62. The molecular weight excluding hydrogens is 230 g/mol. The fraction of sp³-hybridized carbons (Fsp3) is 0.538. The molecule has 0 aliphatic carbocycles. The largest absolute Gasteiger partial charge is 0.371 e. The number of nitro groups is 1. The fourth-order valence-corrected chi connectivity index (χ4v) is 2.57. The molecule has 0 saturated carbocycles. The molecule has 0 bridgehead atoms. The van der Waals surface area contributed by atoms with E-state index in [9.17, 15) is 10.1 Å². The quantitative estimate of drug-likeness (QED) is 0.655. The third-order valence-electron chi connectivity index (χ3n) is 3.50. The second kappa shape index (κ2) is 5.82. The highest BCUT2D eigenvalue weighted by molar-refractivity contribution is 5.53. The van der Waals surface area contributed by atoms with Crippen molar-refractivity contribution in [1.82, 2.24) is 0 Å². The maximum atomic E-state index is 10.8. The summed E-state index contributed by atoms with van der Waals surface area (Å²) in [4.78, 5) is 12.7. The monoisotopic (exact) mass is 249 g/mol. The molecule has 2 rings (SSSR count).